The Hall–Kier alpha value is -2.36. The van der Waals surface area contributed by atoms with Crippen LogP contribution in [-0.4, -0.2) is 17.7 Å². The zero-order valence-electron chi connectivity index (χ0n) is 11.8. The van der Waals surface area contributed by atoms with Crippen molar-refractivity contribution in [1.29, 1.82) is 0 Å². The van der Waals surface area contributed by atoms with Gasteiger partial charge in [0.2, 0.25) is 0 Å². The van der Waals surface area contributed by atoms with Crippen LogP contribution in [-0.2, 0) is 4.79 Å². The first-order chi connectivity index (χ1) is 10.1. The lowest BCUT2D eigenvalue weighted by Crippen LogP contribution is -2.02. The molecule has 0 atom stereocenters. The Morgan fingerprint density at radius 3 is 2.67 bits per heavy atom. The fourth-order valence-corrected chi connectivity index (χ4v) is 2.00. The van der Waals surface area contributed by atoms with Gasteiger partial charge in [0.1, 0.15) is 11.6 Å². The smallest absolute Gasteiger partial charge is 0.303 e. The number of rotatable bonds is 6. The fraction of sp³-hybridized carbons (Fsp3) is 0.235. The molecular formula is C17H17FO3. The van der Waals surface area contributed by atoms with E-state index in [1.54, 1.807) is 19.1 Å². The average Bonchev–Trinajstić information content (AvgIpc) is 2.47. The molecule has 2 rings (SSSR count). The minimum Gasteiger partial charge on any atom is -0.494 e. The SMILES string of the molecule is Cc1cc(-c2cccc(OCCCC(=O)O)c2)ccc1F. The Morgan fingerprint density at radius 2 is 1.95 bits per heavy atom. The molecule has 0 amide bonds. The minimum absolute atomic E-state index is 0.0941. The normalized spacial score (nSPS) is 10.4. The van der Waals surface area contributed by atoms with Gasteiger partial charge in [0, 0.05) is 6.42 Å². The Labute approximate surface area is 123 Å². The molecular weight excluding hydrogens is 271 g/mol. The van der Waals surface area contributed by atoms with Gasteiger partial charge in [-0.05, 0) is 54.3 Å². The molecule has 0 saturated heterocycles. The molecule has 110 valence electrons. The van der Waals surface area contributed by atoms with Crippen LogP contribution in [0.4, 0.5) is 4.39 Å². The summed E-state index contributed by atoms with van der Waals surface area (Å²) in [4.78, 5) is 10.4. The van der Waals surface area contributed by atoms with Crippen LogP contribution in [0.5, 0.6) is 5.75 Å². The van der Waals surface area contributed by atoms with E-state index in [0.29, 0.717) is 24.3 Å². The van der Waals surface area contributed by atoms with Gasteiger partial charge >= 0.3 is 5.97 Å². The summed E-state index contributed by atoms with van der Waals surface area (Å²) in [5.41, 5.74) is 2.46. The van der Waals surface area contributed by atoms with Crippen molar-refractivity contribution >= 4 is 5.97 Å². The Bertz CT molecular complexity index is 638. The second-order valence-electron chi connectivity index (χ2n) is 4.84. The lowest BCUT2D eigenvalue weighted by atomic mass is 10.0. The molecule has 4 heteroatoms. The summed E-state index contributed by atoms with van der Waals surface area (Å²) >= 11 is 0. The van der Waals surface area contributed by atoms with Gasteiger partial charge in [-0.25, -0.2) is 4.39 Å². The van der Waals surface area contributed by atoms with Gasteiger partial charge in [-0.15, -0.1) is 0 Å². The first-order valence-electron chi connectivity index (χ1n) is 6.77. The van der Waals surface area contributed by atoms with Crippen molar-refractivity contribution in [2.24, 2.45) is 0 Å². The molecule has 1 N–H and O–H groups in total. The molecule has 0 fully saturated rings. The van der Waals surface area contributed by atoms with Gasteiger partial charge in [-0.3, -0.25) is 4.79 Å². The Kier molecular flexibility index (Phi) is 4.93. The van der Waals surface area contributed by atoms with Crippen molar-refractivity contribution in [2.45, 2.75) is 19.8 Å². The van der Waals surface area contributed by atoms with E-state index >= 15 is 0 Å². The predicted octanol–water partition coefficient (Wildman–Crippen LogP) is 4.04. The third kappa shape index (κ3) is 4.31. The summed E-state index contributed by atoms with van der Waals surface area (Å²) < 4.78 is 18.8. The van der Waals surface area contributed by atoms with Gasteiger partial charge in [-0.2, -0.15) is 0 Å². The van der Waals surface area contributed by atoms with Crippen LogP contribution in [0.25, 0.3) is 11.1 Å². The number of aliphatic carboxylic acids is 1. The number of hydrogen-bond acceptors (Lipinski definition) is 2. The maximum absolute atomic E-state index is 13.3. The highest BCUT2D eigenvalue weighted by Crippen LogP contribution is 2.25. The van der Waals surface area contributed by atoms with Crippen molar-refractivity contribution in [2.75, 3.05) is 6.61 Å². The predicted molar refractivity (Wildman–Crippen MR) is 78.9 cm³/mol. The molecule has 0 aliphatic heterocycles. The monoisotopic (exact) mass is 288 g/mol. The third-order valence-corrected chi connectivity index (χ3v) is 3.13. The molecule has 0 spiro atoms. The van der Waals surface area contributed by atoms with Crippen LogP contribution in [0.3, 0.4) is 0 Å². The topological polar surface area (TPSA) is 46.5 Å². The number of ether oxygens (including phenoxy) is 1. The van der Waals surface area contributed by atoms with E-state index in [4.69, 9.17) is 9.84 Å². The molecule has 0 radical (unpaired) electrons. The van der Waals surface area contributed by atoms with Crippen LogP contribution < -0.4 is 4.74 Å². The van der Waals surface area contributed by atoms with Gasteiger partial charge in [0.25, 0.3) is 0 Å². The Morgan fingerprint density at radius 1 is 1.19 bits per heavy atom. The number of benzene rings is 2. The molecule has 3 nitrogen and oxygen atoms in total. The molecule has 2 aromatic rings. The van der Waals surface area contributed by atoms with Crippen molar-refractivity contribution in [3.8, 4) is 16.9 Å². The Balaban J connectivity index is 2.06. The van der Waals surface area contributed by atoms with Crippen LogP contribution in [0.2, 0.25) is 0 Å². The number of carbonyl (C=O) groups is 1. The average molecular weight is 288 g/mol. The molecule has 0 saturated carbocycles. The molecule has 0 aliphatic rings. The lowest BCUT2D eigenvalue weighted by molar-refractivity contribution is -0.137. The van der Waals surface area contributed by atoms with Gasteiger partial charge in [0.05, 0.1) is 6.61 Å². The van der Waals surface area contributed by atoms with Crippen LogP contribution >= 0.6 is 0 Å². The van der Waals surface area contributed by atoms with Crippen LogP contribution in [0, 0.1) is 12.7 Å². The number of carboxylic acids is 1. The number of carboxylic acid groups (broad SMARTS) is 1. The summed E-state index contributed by atoms with van der Waals surface area (Å²) in [6.07, 6.45) is 0.562. The van der Waals surface area contributed by atoms with E-state index in [1.165, 1.54) is 6.07 Å². The van der Waals surface area contributed by atoms with E-state index < -0.39 is 5.97 Å². The van der Waals surface area contributed by atoms with Crippen molar-refractivity contribution in [1.82, 2.24) is 0 Å². The minimum atomic E-state index is -0.825. The van der Waals surface area contributed by atoms with Gasteiger partial charge < -0.3 is 9.84 Å². The van der Waals surface area contributed by atoms with Gasteiger partial charge in [0.15, 0.2) is 0 Å². The fourth-order valence-electron chi connectivity index (χ4n) is 2.00. The van der Waals surface area contributed by atoms with E-state index in [2.05, 4.69) is 0 Å². The van der Waals surface area contributed by atoms with E-state index in [-0.39, 0.29) is 12.2 Å². The largest absolute Gasteiger partial charge is 0.494 e. The van der Waals surface area contributed by atoms with E-state index in [1.807, 2.05) is 24.3 Å². The first-order valence-corrected chi connectivity index (χ1v) is 6.77. The first kappa shape index (κ1) is 15.0. The maximum atomic E-state index is 13.3. The molecule has 21 heavy (non-hydrogen) atoms. The summed E-state index contributed by atoms with van der Waals surface area (Å²) in [6.45, 7) is 2.09. The highest BCUT2D eigenvalue weighted by molar-refractivity contribution is 5.67. The lowest BCUT2D eigenvalue weighted by Gasteiger charge is -2.08. The van der Waals surface area contributed by atoms with Crippen molar-refractivity contribution < 1.29 is 19.0 Å². The molecule has 0 bridgehead atoms. The number of halogens is 1. The van der Waals surface area contributed by atoms with Crippen LogP contribution in [0.15, 0.2) is 42.5 Å². The maximum Gasteiger partial charge on any atom is 0.303 e. The highest BCUT2D eigenvalue weighted by atomic mass is 19.1. The summed E-state index contributed by atoms with van der Waals surface area (Å²) in [6, 6.07) is 12.4. The summed E-state index contributed by atoms with van der Waals surface area (Å²) in [7, 11) is 0. The number of hydrogen-bond donors (Lipinski definition) is 1. The molecule has 0 aromatic heterocycles. The molecule has 0 heterocycles. The quantitative estimate of drug-likeness (QED) is 0.816. The zero-order valence-corrected chi connectivity index (χ0v) is 11.8. The van der Waals surface area contributed by atoms with E-state index in [9.17, 15) is 9.18 Å². The third-order valence-electron chi connectivity index (χ3n) is 3.13. The van der Waals surface area contributed by atoms with Gasteiger partial charge in [-0.1, -0.05) is 18.2 Å². The highest BCUT2D eigenvalue weighted by Gasteiger charge is 2.04. The standard InChI is InChI=1S/C17H17FO3/c1-12-10-14(7-8-16(12)18)13-4-2-5-15(11-13)21-9-3-6-17(19)20/h2,4-5,7-8,10-11H,3,6,9H2,1H3,(H,19,20). The van der Waals surface area contributed by atoms with Crippen LogP contribution in [0.1, 0.15) is 18.4 Å². The van der Waals surface area contributed by atoms with E-state index in [0.717, 1.165) is 11.1 Å². The molecule has 0 aliphatic carbocycles. The van der Waals surface area contributed by atoms with Crippen molar-refractivity contribution in [3.63, 3.8) is 0 Å². The number of aryl methyl sites for hydroxylation is 1. The second kappa shape index (κ2) is 6.88. The second-order valence-corrected chi connectivity index (χ2v) is 4.84. The summed E-state index contributed by atoms with van der Waals surface area (Å²) in [5, 5.41) is 8.57. The molecule has 2 aromatic carbocycles. The molecule has 0 unspecified atom stereocenters. The van der Waals surface area contributed by atoms with Crippen molar-refractivity contribution in [3.05, 3.63) is 53.8 Å². The zero-order chi connectivity index (χ0) is 15.2. The summed E-state index contributed by atoms with van der Waals surface area (Å²) in [5.74, 6) is -0.367.